The van der Waals surface area contributed by atoms with Gasteiger partial charge in [0.1, 0.15) is 5.75 Å². The molecule has 0 fully saturated rings. The zero-order valence-electron chi connectivity index (χ0n) is 21.7. The van der Waals surface area contributed by atoms with Gasteiger partial charge in [0.2, 0.25) is 0 Å². The number of para-hydroxylation sites is 2. The summed E-state index contributed by atoms with van der Waals surface area (Å²) in [5, 5.41) is 0. The third kappa shape index (κ3) is 6.60. The van der Waals surface area contributed by atoms with Crippen LogP contribution in [0.4, 0.5) is 11.4 Å². The van der Waals surface area contributed by atoms with E-state index in [4.69, 9.17) is 4.74 Å². The molecule has 39 heavy (non-hydrogen) atoms. The van der Waals surface area contributed by atoms with Crippen molar-refractivity contribution in [1.82, 2.24) is 0 Å². The van der Waals surface area contributed by atoms with Gasteiger partial charge in [-0.15, -0.1) is 0 Å². The van der Waals surface area contributed by atoms with Crippen molar-refractivity contribution in [3.05, 3.63) is 114 Å². The van der Waals surface area contributed by atoms with Gasteiger partial charge in [-0.3, -0.25) is 9.03 Å². The molecule has 4 aromatic carbocycles. The second kappa shape index (κ2) is 11.6. The number of aryl methyl sites for hydroxylation is 2. The van der Waals surface area contributed by atoms with Crippen molar-refractivity contribution in [3.63, 3.8) is 0 Å². The second-order valence-corrected chi connectivity index (χ2v) is 12.3. The van der Waals surface area contributed by atoms with Crippen molar-refractivity contribution in [2.45, 2.75) is 23.6 Å². The highest BCUT2D eigenvalue weighted by atomic mass is 32.2. The quantitative estimate of drug-likeness (QED) is 0.293. The Hall–Kier alpha value is -4.26. The Labute approximate surface area is 230 Å². The molecule has 0 heterocycles. The van der Waals surface area contributed by atoms with Gasteiger partial charge in [-0.25, -0.2) is 16.8 Å². The van der Waals surface area contributed by atoms with Gasteiger partial charge in [0, 0.05) is 5.56 Å². The van der Waals surface area contributed by atoms with E-state index in [1.807, 2.05) is 13.8 Å². The molecule has 4 rings (SSSR count). The van der Waals surface area contributed by atoms with E-state index in [-0.39, 0.29) is 27.7 Å². The smallest absolute Gasteiger partial charge is 0.265 e. The number of nitrogens with zero attached hydrogens (tertiary/aromatic N) is 1. The summed E-state index contributed by atoms with van der Waals surface area (Å²) >= 11 is 0. The van der Waals surface area contributed by atoms with Crippen LogP contribution in [0.25, 0.3) is 0 Å². The lowest BCUT2D eigenvalue weighted by molar-refractivity contribution is 0.415. The molecule has 0 amide bonds. The zero-order chi connectivity index (χ0) is 28.0. The summed E-state index contributed by atoms with van der Waals surface area (Å²) < 4.78 is 62.9. The number of hydrogen-bond donors (Lipinski definition) is 1. The van der Waals surface area contributed by atoms with Crippen LogP contribution < -0.4 is 13.8 Å². The van der Waals surface area contributed by atoms with Gasteiger partial charge in [0.25, 0.3) is 20.0 Å². The highest BCUT2D eigenvalue weighted by Crippen LogP contribution is 2.32. The Morgan fingerprint density at radius 3 is 1.90 bits per heavy atom. The number of sulfonamides is 2. The highest BCUT2D eigenvalue weighted by Gasteiger charge is 2.27. The molecule has 0 radical (unpaired) electrons. The molecule has 0 aliphatic rings. The van der Waals surface area contributed by atoms with E-state index in [1.165, 1.54) is 30.3 Å². The number of methoxy groups -OCH3 is 1. The standard InChI is InChI=1S/C30H28N2O5S2/c1-23-10-18-27(19-11-23)38(33,34)31-29-8-4-5-9-30(29)32(39(35,36)28-20-12-24(2)13-21-28)22-6-7-25-14-16-26(37-3)17-15-25/h4-5,8-21,31H,22H2,1-3H3. The van der Waals surface area contributed by atoms with E-state index in [0.29, 0.717) is 11.3 Å². The van der Waals surface area contributed by atoms with Crippen molar-refractivity contribution >= 4 is 31.4 Å². The van der Waals surface area contributed by atoms with Crippen LogP contribution in [0.5, 0.6) is 5.75 Å². The molecule has 0 spiro atoms. The van der Waals surface area contributed by atoms with Crippen molar-refractivity contribution in [2.24, 2.45) is 0 Å². The van der Waals surface area contributed by atoms with Crippen LogP contribution in [0.3, 0.4) is 0 Å². The lowest BCUT2D eigenvalue weighted by atomic mass is 10.2. The van der Waals surface area contributed by atoms with Gasteiger partial charge in [0.05, 0.1) is 34.8 Å². The molecule has 0 aliphatic carbocycles. The summed E-state index contributed by atoms with van der Waals surface area (Å²) in [5.74, 6) is 6.59. The van der Waals surface area contributed by atoms with E-state index in [1.54, 1.807) is 73.8 Å². The number of anilines is 2. The van der Waals surface area contributed by atoms with Crippen molar-refractivity contribution in [2.75, 3.05) is 22.7 Å². The summed E-state index contributed by atoms with van der Waals surface area (Å²) in [4.78, 5) is 0.130. The molecule has 7 nitrogen and oxygen atoms in total. The van der Waals surface area contributed by atoms with Crippen molar-refractivity contribution in [1.29, 1.82) is 0 Å². The summed E-state index contributed by atoms with van der Waals surface area (Å²) in [5.41, 5.74) is 2.76. The minimum atomic E-state index is -4.11. The normalized spacial score (nSPS) is 11.3. The fourth-order valence-electron chi connectivity index (χ4n) is 3.72. The van der Waals surface area contributed by atoms with E-state index in [0.717, 1.165) is 15.4 Å². The van der Waals surface area contributed by atoms with E-state index >= 15 is 0 Å². The molecular formula is C30H28N2O5S2. The monoisotopic (exact) mass is 560 g/mol. The number of ether oxygens (including phenoxy) is 1. The molecule has 0 aliphatic heterocycles. The van der Waals surface area contributed by atoms with Crippen LogP contribution >= 0.6 is 0 Å². The minimum Gasteiger partial charge on any atom is -0.497 e. The summed E-state index contributed by atoms with van der Waals surface area (Å²) in [6.45, 7) is 3.51. The largest absolute Gasteiger partial charge is 0.497 e. The number of nitrogens with one attached hydrogen (secondary N) is 1. The molecular weight excluding hydrogens is 532 g/mol. The third-order valence-corrected chi connectivity index (χ3v) is 9.06. The van der Waals surface area contributed by atoms with Gasteiger partial charge < -0.3 is 4.74 Å². The van der Waals surface area contributed by atoms with Gasteiger partial charge in [-0.2, -0.15) is 0 Å². The number of hydrogen-bond acceptors (Lipinski definition) is 5. The first-order valence-corrected chi connectivity index (χ1v) is 14.9. The van der Waals surface area contributed by atoms with Crippen LogP contribution in [0.15, 0.2) is 107 Å². The molecule has 0 bridgehead atoms. The highest BCUT2D eigenvalue weighted by molar-refractivity contribution is 7.93. The number of rotatable bonds is 8. The van der Waals surface area contributed by atoms with Crippen molar-refractivity contribution < 1.29 is 21.6 Å². The zero-order valence-corrected chi connectivity index (χ0v) is 23.4. The fourth-order valence-corrected chi connectivity index (χ4v) is 6.18. The van der Waals surface area contributed by atoms with Crippen LogP contribution in [-0.2, 0) is 20.0 Å². The Morgan fingerprint density at radius 2 is 1.31 bits per heavy atom. The van der Waals surface area contributed by atoms with Gasteiger partial charge in [0.15, 0.2) is 0 Å². The molecule has 200 valence electrons. The maximum Gasteiger partial charge on any atom is 0.265 e. The molecule has 0 saturated carbocycles. The molecule has 0 saturated heterocycles. The predicted octanol–water partition coefficient (Wildman–Crippen LogP) is 5.36. The fraction of sp³-hybridized carbons (Fsp3) is 0.133. The molecule has 0 unspecified atom stereocenters. The Kier molecular flexibility index (Phi) is 8.29. The van der Waals surface area contributed by atoms with Gasteiger partial charge in [-0.05, 0) is 74.5 Å². The average molecular weight is 561 g/mol. The van der Waals surface area contributed by atoms with E-state index in [2.05, 4.69) is 16.6 Å². The second-order valence-electron chi connectivity index (χ2n) is 8.79. The Bertz CT molecular complexity index is 1720. The summed E-state index contributed by atoms with van der Waals surface area (Å²) in [6.07, 6.45) is 0. The summed E-state index contributed by atoms with van der Waals surface area (Å²) in [6, 6.07) is 26.3. The maximum atomic E-state index is 13.9. The first-order valence-electron chi connectivity index (χ1n) is 12.0. The molecule has 0 atom stereocenters. The van der Waals surface area contributed by atoms with E-state index < -0.39 is 20.0 Å². The first-order chi connectivity index (χ1) is 18.6. The van der Waals surface area contributed by atoms with Gasteiger partial charge in [-0.1, -0.05) is 59.4 Å². The molecule has 1 N–H and O–H groups in total. The molecule has 4 aromatic rings. The van der Waals surface area contributed by atoms with Crippen LogP contribution in [0.2, 0.25) is 0 Å². The predicted molar refractivity (Wildman–Crippen MR) is 154 cm³/mol. The first kappa shape index (κ1) is 27.8. The lowest BCUT2D eigenvalue weighted by Crippen LogP contribution is -2.32. The number of benzene rings is 4. The third-order valence-electron chi connectivity index (χ3n) is 5.90. The summed E-state index contributed by atoms with van der Waals surface area (Å²) in [7, 11) is -6.53. The SMILES string of the molecule is COc1ccc(C#CCN(c2ccccc2NS(=O)(=O)c2ccc(C)cc2)S(=O)(=O)c2ccc(C)cc2)cc1. The molecule has 0 aromatic heterocycles. The average Bonchev–Trinajstić information content (AvgIpc) is 2.92. The minimum absolute atomic E-state index is 0.0649. The topological polar surface area (TPSA) is 92.8 Å². The maximum absolute atomic E-state index is 13.9. The van der Waals surface area contributed by atoms with Crippen LogP contribution in [-0.4, -0.2) is 30.5 Å². The van der Waals surface area contributed by atoms with Crippen LogP contribution in [0.1, 0.15) is 16.7 Å². The van der Waals surface area contributed by atoms with E-state index in [9.17, 15) is 16.8 Å². The Morgan fingerprint density at radius 1 is 0.744 bits per heavy atom. The van der Waals surface area contributed by atoms with Gasteiger partial charge >= 0.3 is 0 Å². The molecule has 9 heteroatoms. The Balaban J connectivity index is 1.76. The van der Waals surface area contributed by atoms with Crippen molar-refractivity contribution in [3.8, 4) is 17.6 Å². The van der Waals surface area contributed by atoms with Crippen LogP contribution in [0, 0.1) is 25.7 Å². The lowest BCUT2D eigenvalue weighted by Gasteiger charge is -2.25.